The van der Waals surface area contributed by atoms with Gasteiger partial charge in [0.05, 0.1) is 10.6 Å². The van der Waals surface area contributed by atoms with Crippen LogP contribution in [-0.2, 0) is 16.4 Å². The van der Waals surface area contributed by atoms with Gasteiger partial charge < -0.3 is 4.90 Å². The van der Waals surface area contributed by atoms with E-state index in [1.807, 2.05) is 0 Å². The van der Waals surface area contributed by atoms with Crippen LogP contribution in [0.3, 0.4) is 0 Å². The van der Waals surface area contributed by atoms with Crippen LogP contribution in [0.4, 0.5) is 15.8 Å². The number of nitrogens with one attached hydrogen (secondary N) is 1. The molecule has 8 heteroatoms. The molecule has 0 bridgehead atoms. The molecule has 0 saturated heterocycles. The number of benzene rings is 3. The molecule has 1 amide bonds. The Morgan fingerprint density at radius 2 is 1.80 bits per heavy atom. The normalized spacial score (nSPS) is 13.6. The molecule has 30 heavy (non-hydrogen) atoms. The molecule has 5 nitrogen and oxygen atoms in total. The number of aryl methyl sites for hydroxylation is 1. The van der Waals surface area contributed by atoms with Crippen LogP contribution >= 0.6 is 11.6 Å². The number of carbonyl (C=O) groups excluding carboxylic acids is 1. The SMILES string of the molecule is O=C(c1ccc(F)cc1)N1CCCc2cc(S(=O)(=O)Nc3cccc(Cl)c3)ccc21. The fraction of sp³-hybridized carbons (Fsp3) is 0.136. The largest absolute Gasteiger partial charge is 0.308 e. The summed E-state index contributed by atoms with van der Waals surface area (Å²) in [5, 5.41) is 0.426. The number of hydrogen-bond donors (Lipinski definition) is 1. The maximum absolute atomic E-state index is 13.2. The van der Waals surface area contributed by atoms with E-state index >= 15 is 0 Å². The third kappa shape index (κ3) is 4.17. The number of sulfonamides is 1. The highest BCUT2D eigenvalue weighted by Crippen LogP contribution is 2.31. The zero-order chi connectivity index (χ0) is 21.3. The Morgan fingerprint density at radius 3 is 2.53 bits per heavy atom. The second-order valence-corrected chi connectivity index (χ2v) is 9.09. The summed E-state index contributed by atoms with van der Waals surface area (Å²) >= 11 is 5.93. The third-order valence-electron chi connectivity index (χ3n) is 4.89. The Labute approximate surface area is 179 Å². The van der Waals surface area contributed by atoms with E-state index in [9.17, 15) is 17.6 Å². The molecule has 0 aliphatic carbocycles. The molecular formula is C22H18ClFN2O3S. The van der Waals surface area contributed by atoms with Crippen molar-refractivity contribution in [1.29, 1.82) is 0 Å². The first-order chi connectivity index (χ1) is 14.3. The molecule has 0 aromatic heterocycles. The Balaban J connectivity index is 1.63. The molecule has 1 aliphatic rings. The number of amides is 1. The van der Waals surface area contributed by atoms with Gasteiger partial charge in [0.2, 0.25) is 0 Å². The maximum Gasteiger partial charge on any atom is 0.261 e. The fourth-order valence-corrected chi connectivity index (χ4v) is 4.76. The zero-order valence-electron chi connectivity index (χ0n) is 15.8. The molecular weight excluding hydrogens is 427 g/mol. The highest BCUT2D eigenvalue weighted by Gasteiger charge is 2.25. The molecule has 1 N–H and O–H groups in total. The van der Waals surface area contributed by atoms with Crippen molar-refractivity contribution in [2.45, 2.75) is 17.7 Å². The van der Waals surface area contributed by atoms with Crippen LogP contribution in [0.2, 0.25) is 5.02 Å². The van der Waals surface area contributed by atoms with Gasteiger partial charge in [0.25, 0.3) is 15.9 Å². The molecule has 4 rings (SSSR count). The lowest BCUT2D eigenvalue weighted by atomic mass is 10.0. The minimum Gasteiger partial charge on any atom is -0.308 e. The summed E-state index contributed by atoms with van der Waals surface area (Å²) in [4.78, 5) is 14.6. The van der Waals surface area contributed by atoms with Gasteiger partial charge >= 0.3 is 0 Å². The second kappa shape index (κ2) is 8.08. The van der Waals surface area contributed by atoms with E-state index in [-0.39, 0.29) is 10.8 Å². The van der Waals surface area contributed by atoms with E-state index in [4.69, 9.17) is 11.6 Å². The Bertz CT molecular complexity index is 1210. The van der Waals surface area contributed by atoms with Gasteiger partial charge in [-0.15, -0.1) is 0 Å². The van der Waals surface area contributed by atoms with Gasteiger partial charge in [0.1, 0.15) is 5.82 Å². The lowest BCUT2D eigenvalue weighted by Crippen LogP contribution is -2.35. The molecule has 0 unspecified atom stereocenters. The van der Waals surface area contributed by atoms with Crippen LogP contribution in [0.25, 0.3) is 0 Å². The van der Waals surface area contributed by atoms with E-state index in [1.165, 1.54) is 36.4 Å². The Hall–Kier alpha value is -2.90. The molecule has 1 aliphatic heterocycles. The summed E-state index contributed by atoms with van der Waals surface area (Å²) in [5.41, 5.74) is 2.18. The van der Waals surface area contributed by atoms with E-state index in [0.29, 0.717) is 41.3 Å². The smallest absolute Gasteiger partial charge is 0.261 e. The summed E-state index contributed by atoms with van der Waals surface area (Å²) in [5.74, 6) is -0.656. The quantitative estimate of drug-likeness (QED) is 0.624. The third-order valence-corrected chi connectivity index (χ3v) is 6.51. The van der Waals surface area contributed by atoms with Crippen molar-refractivity contribution in [3.8, 4) is 0 Å². The van der Waals surface area contributed by atoms with Crippen molar-refractivity contribution in [2.75, 3.05) is 16.2 Å². The molecule has 0 spiro atoms. The molecule has 3 aromatic rings. The van der Waals surface area contributed by atoms with Crippen LogP contribution in [0.15, 0.2) is 71.6 Å². The van der Waals surface area contributed by atoms with Crippen LogP contribution in [0.5, 0.6) is 0 Å². The fourth-order valence-electron chi connectivity index (χ4n) is 3.47. The van der Waals surface area contributed by atoms with Crippen molar-refractivity contribution >= 4 is 38.9 Å². The number of rotatable bonds is 4. The van der Waals surface area contributed by atoms with E-state index in [1.54, 1.807) is 35.2 Å². The number of hydrogen-bond acceptors (Lipinski definition) is 3. The van der Waals surface area contributed by atoms with Gasteiger partial charge in [-0.2, -0.15) is 0 Å². The van der Waals surface area contributed by atoms with E-state index < -0.39 is 15.8 Å². The average molecular weight is 445 g/mol. The van der Waals surface area contributed by atoms with E-state index in [0.717, 1.165) is 5.56 Å². The number of halogens is 2. The number of anilines is 2. The van der Waals surface area contributed by atoms with Crippen LogP contribution < -0.4 is 9.62 Å². The van der Waals surface area contributed by atoms with Crippen molar-refractivity contribution in [3.05, 3.63) is 88.7 Å². The van der Waals surface area contributed by atoms with Gasteiger partial charge in [-0.25, -0.2) is 12.8 Å². The van der Waals surface area contributed by atoms with Crippen molar-refractivity contribution < 1.29 is 17.6 Å². The van der Waals surface area contributed by atoms with E-state index in [2.05, 4.69) is 4.72 Å². The van der Waals surface area contributed by atoms with Crippen LogP contribution in [-0.4, -0.2) is 20.9 Å². The van der Waals surface area contributed by atoms with Gasteiger partial charge in [-0.1, -0.05) is 17.7 Å². The highest BCUT2D eigenvalue weighted by molar-refractivity contribution is 7.92. The summed E-state index contributed by atoms with van der Waals surface area (Å²) in [6.07, 6.45) is 1.36. The lowest BCUT2D eigenvalue weighted by Gasteiger charge is -2.30. The Kier molecular flexibility index (Phi) is 5.49. The molecule has 0 radical (unpaired) electrons. The molecule has 0 saturated carbocycles. The summed E-state index contributed by atoms with van der Waals surface area (Å²) in [7, 11) is -3.81. The zero-order valence-corrected chi connectivity index (χ0v) is 17.4. The van der Waals surface area contributed by atoms with Crippen molar-refractivity contribution in [2.24, 2.45) is 0 Å². The summed E-state index contributed by atoms with van der Waals surface area (Å²) in [6, 6.07) is 16.5. The average Bonchev–Trinajstić information content (AvgIpc) is 2.72. The van der Waals surface area contributed by atoms with Gasteiger partial charge in [0, 0.05) is 22.8 Å². The van der Waals surface area contributed by atoms with Crippen LogP contribution in [0, 0.1) is 5.82 Å². The second-order valence-electron chi connectivity index (χ2n) is 6.97. The molecule has 154 valence electrons. The number of nitrogens with zero attached hydrogens (tertiary/aromatic N) is 1. The molecule has 0 fully saturated rings. The monoisotopic (exact) mass is 444 g/mol. The first-order valence-corrected chi connectivity index (χ1v) is 11.2. The number of fused-ring (bicyclic) bond motifs is 1. The lowest BCUT2D eigenvalue weighted by molar-refractivity contribution is 0.0985. The minimum atomic E-state index is -3.81. The standard InChI is InChI=1S/C22H18ClFN2O3S/c23-17-4-1-5-19(14-17)25-30(28,29)20-10-11-21-16(13-20)3-2-12-26(21)22(27)15-6-8-18(24)9-7-15/h1,4-11,13-14,25H,2-3,12H2. The van der Waals surface area contributed by atoms with Crippen molar-refractivity contribution in [3.63, 3.8) is 0 Å². The number of carbonyl (C=O) groups is 1. The van der Waals surface area contributed by atoms with Gasteiger partial charge in [0.15, 0.2) is 0 Å². The van der Waals surface area contributed by atoms with Gasteiger partial charge in [-0.3, -0.25) is 9.52 Å². The first kappa shape index (κ1) is 20.4. The van der Waals surface area contributed by atoms with Gasteiger partial charge in [-0.05, 0) is 79.1 Å². The predicted octanol–water partition coefficient (Wildman–Crippen LogP) is 4.87. The summed E-state index contributed by atoms with van der Waals surface area (Å²) in [6.45, 7) is 0.510. The molecule has 1 heterocycles. The summed E-state index contributed by atoms with van der Waals surface area (Å²) < 4.78 is 41.3. The Morgan fingerprint density at radius 1 is 1.03 bits per heavy atom. The first-order valence-electron chi connectivity index (χ1n) is 9.32. The molecule has 3 aromatic carbocycles. The highest BCUT2D eigenvalue weighted by atomic mass is 35.5. The van der Waals surface area contributed by atoms with Crippen molar-refractivity contribution in [1.82, 2.24) is 0 Å². The van der Waals surface area contributed by atoms with Crippen LogP contribution in [0.1, 0.15) is 22.3 Å². The predicted molar refractivity (Wildman–Crippen MR) is 115 cm³/mol. The molecule has 0 atom stereocenters. The minimum absolute atomic E-state index is 0.109. The topological polar surface area (TPSA) is 66.5 Å². The maximum atomic E-state index is 13.2.